The van der Waals surface area contributed by atoms with Gasteiger partial charge in [-0.05, 0) is 44.9 Å². The first-order valence-electron chi connectivity index (χ1n) is 13.9. The lowest BCUT2D eigenvalue weighted by Gasteiger charge is -2.05. The maximum absolute atomic E-state index is 11.8. The van der Waals surface area contributed by atoms with E-state index >= 15 is 0 Å². The monoisotopic (exact) mass is 450 g/mol. The van der Waals surface area contributed by atoms with Crippen molar-refractivity contribution in [3.8, 4) is 0 Å². The van der Waals surface area contributed by atoms with Crippen molar-refractivity contribution >= 4 is 11.8 Å². The number of nitrogens with one attached hydrogen (secondary N) is 1. The second kappa shape index (κ2) is 25.9. The Labute approximate surface area is 199 Å². The van der Waals surface area contributed by atoms with Crippen molar-refractivity contribution in [2.75, 3.05) is 6.54 Å². The number of amides is 2. The molecular weight excluding hydrogens is 396 g/mol. The molecule has 0 radical (unpaired) electrons. The van der Waals surface area contributed by atoms with Gasteiger partial charge in [0.2, 0.25) is 11.8 Å². The number of hydrogen-bond acceptors (Lipinski definition) is 2. The molecule has 4 nitrogen and oxygen atoms in total. The van der Waals surface area contributed by atoms with Crippen LogP contribution in [-0.4, -0.2) is 18.4 Å². The highest BCUT2D eigenvalue weighted by Crippen LogP contribution is 2.10. The highest BCUT2D eigenvalue weighted by Gasteiger charge is 2.01. The van der Waals surface area contributed by atoms with Gasteiger partial charge in [0.15, 0.2) is 0 Å². The molecule has 0 aromatic heterocycles. The lowest BCUT2D eigenvalue weighted by atomic mass is 10.1. The summed E-state index contributed by atoms with van der Waals surface area (Å²) in [6.07, 6.45) is 30.6. The quantitative estimate of drug-likeness (QED) is 0.110. The molecule has 0 aliphatic rings. The number of carbonyl (C=O) groups excluding carboxylic acids is 2. The Bertz CT molecular complexity index is 449. The summed E-state index contributed by atoms with van der Waals surface area (Å²) < 4.78 is 0. The van der Waals surface area contributed by atoms with Gasteiger partial charge in [0.1, 0.15) is 0 Å². The summed E-state index contributed by atoms with van der Waals surface area (Å²) in [6.45, 7) is 3.10. The van der Waals surface area contributed by atoms with E-state index in [1.165, 1.54) is 83.5 Å². The highest BCUT2D eigenvalue weighted by molar-refractivity contribution is 5.75. The minimum Gasteiger partial charge on any atom is -0.370 e. The van der Waals surface area contributed by atoms with Gasteiger partial charge in [-0.15, -0.1) is 0 Å². The van der Waals surface area contributed by atoms with Crippen LogP contribution in [0.1, 0.15) is 148 Å². The van der Waals surface area contributed by atoms with E-state index in [1.807, 2.05) is 0 Å². The van der Waals surface area contributed by atoms with Crippen LogP contribution in [0.4, 0.5) is 0 Å². The molecule has 0 heterocycles. The average molecular weight is 451 g/mol. The second-order valence-corrected chi connectivity index (χ2v) is 9.38. The molecule has 0 fully saturated rings. The van der Waals surface area contributed by atoms with Crippen molar-refractivity contribution in [1.29, 1.82) is 0 Å². The molecule has 0 aliphatic heterocycles. The van der Waals surface area contributed by atoms with Crippen LogP contribution in [0.3, 0.4) is 0 Å². The van der Waals surface area contributed by atoms with Gasteiger partial charge in [-0.2, -0.15) is 0 Å². The third-order valence-corrected chi connectivity index (χ3v) is 6.09. The highest BCUT2D eigenvalue weighted by atomic mass is 16.1. The van der Waals surface area contributed by atoms with Crippen LogP contribution in [0.15, 0.2) is 12.2 Å². The van der Waals surface area contributed by atoms with Crippen molar-refractivity contribution in [3.63, 3.8) is 0 Å². The first-order chi connectivity index (χ1) is 15.7. The fraction of sp³-hybridized carbons (Fsp3) is 0.857. The molecule has 0 unspecified atom stereocenters. The normalized spacial score (nSPS) is 11.3. The van der Waals surface area contributed by atoms with Gasteiger partial charge in [-0.25, -0.2) is 0 Å². The third-order valence-electron chi connectivity index (χ3n) is 6.09. The fourth-order valence-corrected chi connectivity index (χ4v) is 3.98. The van der Waals surface area contributed by atoms with E-state index in [0.29, 0.717) is 12.8 Å². The van der Waals surface area contributed by atoms with Crippen LogP contribution >= 0.6 is 0 Å². The first kappa shape index (κ1) is 30.7. The maximum atomic E-state index is 11.8. The summed E-state index contributed by atoms with van der Waals surface area (Å²) in [7, 11) is 0. The lowest BCUT2D eigenvalue weighted by Crippen LogP contribution is -2.23. The Morgan fingerprint density at radius 3 is 1.56 bits per heavy atom. The molecule has 0 aromatic carbocycles. The topological polar surface area (TPSA) is 72.2 Å². The van der Waals surface area contributed by atoms with E-state index < -0.39 is 0 Å². The van der Waals surface area contributed by atoms with Gasteiger partial charge in [0.05, 0.1) is 0 Å². The minimum absolute atomic E-state index is 0.200. The van der Waals surface area contributed by atoms with Crippen molar-refractivity contribution < 1.29 is 9.59 Å². The molecule has 0 atom stereocenters. The van der Waals surface area contributed by atoms with Crippen LogP contribution in [0.2, 0.25) is 0 Å². The Balaban J connectivity index is 3.21. The van der Waals surface area contributed by atoms with Gasteiger partial charge in [-0.1, -0.05) is 103 Å². The van der Waals surface area contributed by atoms with E-state index in [9.17, 15) is 9.59 Å². The zero-order valence-electron chi connectivity index (χ0n) is 21.3. The molecule has 32 heavy (non-hydrogen) atoms. The molecule has 188 valence electrons. The third kappa shape index (κ3) is 26.7. The Kier molecular flexibility index (Phi) is 24.9. The van der Waals surface area contributed by atoms with Crippen LogP contribution in [0.5, 0.6) is 0 Å². The predicted octanol–water partition coefficient (Wildman–Crippen LogP) is 7.75. The molecule has 0 saturated heterocycles. The molecule has 2 amide bonds. The van der Waals surface area contributed by atoms with Gasteiger partial charge < -0.3 is 11.1 Å². The largest absolute Gasteiger partial charge is 0.370 e. The zero-order chi connectivity index (χ0) is 23.5. The molecule has 0 aromatic rings. The van der Waals surface area contributed by atoms with Crippen molar-refractivity contribution in [2.24, 2.45) is 5.73 Å². The summed E-state index contributed by atoms with van der Waals surface area (Å²) in [5.41, 5.74) is 5.12. The summed E-state index contributed by atoms with van der Waals surface area (Å²) in [6, 6.07) is 0. The summed E-state index contributed by atoms with van der Waals surface area (Å²) >= 11 is 0. The van der Waals surface area contributed by atoms with Gasteiger partial charge in [-0.3, -0.25) is 9.59 Å². The van der Waals surface area contributed by atoms with Crippen LogP contribution in [-0.2, 0) is 9.59 Å². The predicted molar refractivity (Wildman–Crippen MR) is 139 cm³/mol. The number of allylic oxidation sites excluding steroid dienone is 2. The molecule has 3 N–H and O–H groups in total. The number of rotatable bonds is 25. The average Bonchev–Trinajstić information content (AvgIpc) is 2.77. The van der Waals surface area contributed by atoms with Crippen LogP contribution < -0.4 is 11.1 Å². The minimum atomic E-state index is -0.205. The molecular formula is C28H54N2O2. The Hall–Kier alpha value is -1.32. The van der Waals surface area contributed by atoms with Crippen molar-refractivity contribution in [2.45, 2.75) is 148 Å². The number of primary amides is 1. The smallest absolute Gasteiger partial charge is 0.219 e. The molecule has 0 spiro atoms. The summed E-state index contributed by atoms with van der Waals surface area (Å²) in [4.78, 5) is 22.5. The summed E-state index contributed by atoms with van der Waals surface area (Å²) in [5, 5.41) is 3.06. The number of hydrogen-bond donors (Lipinski definition) is 2. The maximum Gasteiger partial charge on any atom is 0.219 e. The molecule has 0 saturated carbocycles. The molecule has 4 heteroatoms. The zero-order valence-corrected chi connectivity index (χ0v) is 21.3. The van der Waals surface area contributed by atoms with Gasteiger partial charge in [0.25, 0.3) is 0 Å². The second-order valence-electron chi connectivity index (χ2n) is 9.38. The van der Waals surface area contributed by atoms with E-state index in [4.69, 9.17) is 5.73 Å². The SMILES string of the molecule is CCCCCCCC/C=C\CCCCCCCCNC(=O)CCCCCCCCC(N)=O. The fourth-order valence-electron chi connectivity index (χ4n) is 3.98. The van der Waals surface area contributed by atoms with E-state index in [2.05, 4.69) is 24.4 Å². The lowest BCUT2D eigenvalue weighted by molar-refractivity contribution is -0.121. The standard InChI is InChI=1S/C28H54N2O2/c1-2-3-4-5-6-7-8-9-10-11-12-13-14-17-20-23-26-30-28(32)25-22-19-16-15-18-21-24-27(29)31/h9-10H,2-8,11-26H2,1H3,(H2,29,31)(H,30,32)/b10-9-. The van der Waals surface area contributed by atoms with E-state index in [-0.39, 0.29) is 11.8 Å². The van der Waals surface area contributed by atoms with Crippen molar-refractivity contribution in [3.05, 3.63) is 12.2 Å². The first-order valence-corrected chi connectivity index (χ1v) is 13.9. The van der Waals surface area contributed by atoms with Crippen LogP contribution in [0.25, 0.3) is 0 Å². The van der Waals surface area contributed by atoms with E-state index in [1.54, 1.807) is 0 Å². The van der Waals surface area contributed by atoms with Crippen LogP contribution in [0, 0.1) is 0 Å². The van der Waals surface area contributed by atoms with Crippen molar-refractivity contribution in [1.82, 2.24) is 5.32 Å². The number of nitrogens with two attached hydrogens (primary N) is 1. The Morgan fingerprint density at radius 2 is 1.03 bits per heavy atom. The Morgan fingerprint density at radius 1 is 0.594 bits per heavy atom. The molecule has 0 rings (SSSR count). The molecule has 0 aliphatic carbocycles. The van der Waals surface area contributed by atoms with E-state index in [0.717, 1.165) is 51.5 Å². The van der Waals surface area contributed by atoms with Gasteiger partial charge >= 0.3 is 0 Å². The summed E-state index contributed by atoms with van der Waals surface area (Å²) in [5.74, 6) is -0.00471. The number of unbranched alkanes of at least 4 members (excludes halogenated alkanes) is 17. The number of carbonyl (C=O) groups is 2. The van der Waals surface area contributed by atoms with Gasteiger partial charge in [0, 0.05) is 19.4 Å². The molecule has 0 bridgehead atoms.